The van der Waals surface area contributed by atoms with Gasteiger partial charge in [0.15, 0.2) is 17.1 Å². The van der Waals surface area contributed by atoms with Crippen LogP contribution in [0.5, 0.6) is 11.5 Å². The van der Waals surface area contributed by atoms with Gasteiger partial charge in [0, 0.05) is 6.54 Å². The normalized spacial score (nSPS) is 10.7. The number of fused-ring (bicyclic) bond motifs is 1. The van der Waals surface area contributed by atoms with E-state index in [0.717, 1.165) is 11.1 Å². The lowest BCUT2D eigenvalue weighted by molar-refractivity contribution is 0.284. The number of nitrogens with zero attached hydrogens (tertiary/aromatic N) is 5. The highest BCUT2D eigenvalue weighted by atomic mass is 16.5. The topological polar surface area (TPSA) is 86.5 Å². The molecule has 0 aliphatic heterocycles. The van der Waals surface area contributed by atoms with Gasteiger partial charge in [-0.25, -0.2) is 0 Å². The molecule has 4 rings (SSSR count). The highest BCUT2D eigenvalue weighted by molar-refractivity contribution is 5.46. The number of rotatable bonds is 7. The van der Waals surface area contributed by atoms with Crippen molar-refractivity contribution in [1.82, 2.24) is 25.3 Å². The Balaban J connectivity index is 1.42. The first-order valence-corrected chi connectivity index (χ1v) is 8.45. The van der Waals surface area contributed by atoms with E-state index in [1.165, 1.54) is 4.63 Å². The first kappa shape index (κ1) is 16.8. The number of nitrogens with one attached hydrogen (secondary N) is 1. The van der Waals surface area contributed by atoms with Crippen LogP contribution >= 0.6 is 0 Å². The molecule has 0 spiro atoms. The molecule has 136 valence electrons. The second-order valence-corrected chi connectivity index (χ2v) is 5.86. The number of benzene rings is 2. The summed E-state index contributed by atoms with van der Waals surface area (Å²) in [7, 11) is 1.63. The Hall–Kier alpha value is -3.68. The van der Waals surface area contributed by atoms with E-state index in [9.17, 15) is 0 Å². The molecule has 0 unspecified atom stereocenters. The van der Waals surface area contributed by atoms with E-state index in [2.05, 4.69) is 25.9 Å². The maximum absolute atomic E-state index is 5.89. The van der Waals surface area contributed by atoms with Crippen LogP contribution in [0.25, 0.3) is 5.65 Å². The molecule has 8 heteroatoms. The largest absolute Gasteiger partial charge is 0.493 e. The molecule has 4 aromatic rings. The molecule has 2 heterocycles. The molecule has 0 radical (unpaired) electrons. The number of methoxy groups -OCH3 is 1. The molecule has 1 N–H and O–H groups in total. The van der Waals surface area contributed by atoms with Crippen molar-refractivity contribution in [3.63, 3.8) is 0 Å². The van der Waals surface area contributed by atoms with Crippen LogP contribution < -0.4 is 14.8 Å². The smallest absolute Gasteiger partial charge is 0.200 e. The van der Waals surface area contributed by atoms with Gasteiger partial charge in [-0.2, -0.15) is 0 Å². The predicted molar refractivity (Wildman–Crippen MR) is 99.7 cm³/mol. The number of tetrazole rings is 1. The SMILES string of the molecule is COc1cc(CNc2ccc3nnnn3n2)ccc1OCc1ccccc1. The minimum absolute atomic E-state index is 0.491. The minimum atomic E-state index is 0.491. The van der Waals surface area contributed by atoms with Crippen LogP contribution in [0.3, 0.4) is 0 Å². The van der Waals surface area contributed by atoms with Crippen LogP contribution in [0.15, 0.2) is 60.7 Å². The van der Waals surface area contributed by atoms with E-state index >= 15 is 0 Å². The molecule has 0 saturated heterocycles. The van der Waals surface area contributed by atoms with Gasteiger partial charge in [-0.1, -0.05) is 36.4 Å². The standard InChI is InChI=1S/C19H18N6O2/c1-26-17-11-15(7-8-16(17)27-13-14-5-3-2-4-6-14)12-20-18-9-10-19-21-23-24-25(19)22-18/h2-11H,12-13H2,1H3,(H,20,22). The highest BCUT2D eigenvalue weighted by Crippen LogP contribution is 2.29. The summed E-state index contributed by atoms with van der Waals surface area (Å²) in [5.41, 5.74) is 2.74. The van der Waals surface area contributed by atoms with E-state index in [1.807, 2.05) is 54.6 Å². The van der Waals surface area contributed by atoms with Gasteiger partial charge >= 0.3 is 0 Å². The molecule has 2 aromatic heterocycles. The van der Waals surface area contributed by atoms with Gasteiger partial charge in [0.25, 0.3) is 0 Å². The number of hydrogen-bond acceptors (Lipinski definition) is 7. The minimum Gasteiger partial charge on any atom is -0.493 e. The lowest BCUT2D eigenvalue weighted by Crippen LogP contribution is -2.05. The fourth-order valence-corrected chi connectivity index (χ4v) is 2.61. The van der Waals surface area contributed by atoms with Crippen LogP contribution in [0.1, 0.15) is 11.1 Å². The maximum Gasteiger partial charge on any atom is 0.200 e. The summed E-state index contributed by atoms with van der Waals surface area (Å²) in [5, 5.41) is 18.7. The summed E-state index contributed by atoms with van der Waals surface area (Å²) in [6.07, 6.45) is 0. The Morgan fingerprint density at radius 2 is 1.85 bits per heavy atom. The van der Waals surface area contributed by atoms with E-state index in [4.69, 9.17) is 9.47 Å². The summed E-state index contributed by atoms with van der Waals surface area (Å²) < 4.78 is 12.7. The van der Waals surface area contributed by atoms with Crippen molar-refractivity contribution < 1.29 is 9.47 Å². The maximum atomic E-state index is 5.89. The molecular weight excluding hydrogens is 344 g/mol. The Morgan fingerprint density at radius 1 is 0.963 bits per heavy atom. The summed E-state index contributed by atoms with van der Waals surface area (Å²) in [6, 6.07) is 19.5. The van der Waals surface area contributed by atoms with Crippen molar-refractivity contribution in [2.45, 2.75) is 13.2 Å². The van der Waals surface area contributed by atoms with E-state index in [1.54, 1.807) is 13.2 Å². The highest BCUT2D eigenvalue weighted by Gasteiger charge is 2.07. The van der Waals surface area contributed by atoms with Crippen LogP contribution in [0, 0.1) is 0 Å². The molecule has 0 aliphatic rings. The fourth-order valence-electron chi connectivity index (χ4n) is 2.61. The zero-order chi connectivity index (χ0) is 18.5. The molecule has 0 bridgehead atoms. The Bertz CT molecular complexity index is 1030. The Labute approximate surface area is 155 Å². The third-order valence-electron chi connectivity index (χ3n) is 4.01. The predicted octanol–water partition coefficient (Wildman–Crippen LogP) is 2.72. The Kier molecular flexibility index (Phi) is 4.78. The van der Waals surface area contributed by atoms with Crippen LogP contribution in [-0.2, 0) is 13.2 Å². The zero-order valence-electron chi connectivity index (χ0n) is 14.7. The molecule has 0 amide bonds. The van der Waals surface area contributed by atoms with E-state index < -0.39 is 0 Å². The van der Waals surface area contributed by atoms with Crippen molar-refractivity contribution in [2.24, 2.45) is 0 Å². The van der Waals surface area contributed by atoms with Gasteiger partial charge in [-0.15, -0.1) is 14.8 Å². The van der Waals surface area contributed by atoms with Crippen molar-refractivity contribution in [2.75, 3.05) is 12.4 Å². The second kappa shape index (κ2) is 7.69. The van der Waals surface area contributed by atoms with E-state index in [-0.39, 0.29) is 0 Å². The van der Waals surface area contributed by atoms with Crippen molar-refractivity contribution in [3.8, 4) is 11.5 Å². The van der Waals surface area contributed by atoms with Crippen molar-refractivity contribution >= 4 is 11.5 Å². The average Bonchev–Trinajstić information content (AvgIpc) is 3.19. The molecule has 0 atom stereocenters. The summed E-state index contributed by atoms with van der Waals surface area (Å²) in [6.45, 7) is 1.07. The number of anilines is 1. The number of aromatic nitrogens is 5. The second-order valence-electron chi connectivity index (χ2n) is 5.86. The molecule has 27 heavy (non-hydrogen) atoms. The lowest BCUT2D eigenvalue weighted by Gasteiger charge is -2.13. The van der Waals surface area contributed by atoms with Gasteiger partial charge in [0.2, 0.25) is 0 Å². The van der Waals surface area contributed by atoms with Gasteiger partial charge in [-0.05, 0) is 45.8 Å². The van der Waals surface area contributed by atoms with E-state index in [0.29, 0.717) is 36.1 Å². The van der Waals surface area contributed by atoms with Crippen LogP contribution in [-0.4, -0.2) is 32.4 Å². The molecule has 2 aromatic carbocycles. The molecule has 0 saturated carbocycles. The first-order valence-electron chi connectivity index (χ1n) is 8.45. The summed E-state index contributed by atoms with van der Waals surface area (Å²) >= 11 is 0. The quantitative estimate of drug-likeness (QED) is 0.541. The molecule has 0 aliphatic carbocycles. The van der Waals surface area contributed by atoms with Crippen molar-refractivity contribution in [1.29, 1.82) is 0 Å². The van der Waals surface area contributed by atoms with Gasteiger partial charge < -0.3 is 14.8 Å². The van der Waals surface area contributed by atoms with Gasteiger partial charge in [-0.3, -0.25) is 0 Å². The molecular formula is C19H18N6O2. The average molecular weight is 362 g/mol. The van der Waals surface area contributed by atoms with Crippen LogP contribution in [0.4, 0.5) is 5.82 Å². The monoisotopic (exact) mass is 362 g/mol. The van der Waals surface area contributed by atoms with Gasteiger partial charge in [0.05, 0.1) is 7.11 Å². The first-order chi connectivity index (χ1) is 13.3. The summed E-state index contributed by atoms with van der Waals surface area (Å²) in [5.74, 6) is 2.07. The summed E-state index contributed by atoms with van der Waals surface area (Å²) in [4.78, 5) is 0. The Morgan fingerprint density at radius 3 is 2.70 bits per heavy atom. The number of hydrogen-bond donors (Lipinski definition) is 1. The third kappa shape index (κ3) is 3.95. The number of ether oxygens (including phenoxy) is 2. The fraction of sp³-hybridized carbons (Fsp3) is 0.158. The zero-order valence-corrected chi connectivity index (χ0v) is 14.7. The molecule has 0 fully saturated rings. The van der Waals surface area contributed by atoms with Crippen molar-refractivity contribution in [3.05, 3.63) is 71.8 Å². The lowest BCUT2D eigenvalue weighted by atomic mass is 10.2. The molecule has 8 nitrogen and oxygen atoms in total. The van der Waals surface area contributed by atoms with Gasteiger partial charge in [0.1, 0.15) is 12.4 Å². The third-order valence-corrected chi connectivity index (χ3v) is 4.01. The van der Waals surface area contributed by atoms with Crippen LogP contribution in [0.2, 0.25) is 0 Å².